The molecule has 1 aromatic rings. The van der Waals surface area contributed by atoms with Crippen LogP contribution in [-0.2, 0) is 9.53 Å². The van der Waals surface area contributed by atoms with Crippen LogP contribution in [-0.4, -0.2) is 49.3 Å². The molecule has 1 rings (SSSR count). The zero-order valence-corrected chi connectivity index (χ0v) is 11.5. The minimum Gasteiger partial charge on any atom is -0.395 e. The lowest BCUT2D eigenvalue weighted by atomic mass is 10.0. The summed E-state index contributed by atoms with van der Waals surface area (Å²) in [4.78, 5) is 13.8. The predicted octanol–water partition coefficient (Wildman–Crippen LogP) is 0.462. The highest BCUT2D eigenvalue weighted by atomic mass is 16.5. The summed E-state index contributed by atoms with van der Waals surface area (Å²) in [6.45, 7) is 3.01. The average Bonchev–Trinajstić information content (AvgIpc) is 2.42. The van der Waals surface area contributed by atoms with E-state index in [2.05, 4.69) is 0 Å². The minimum absolute atomic E-state index is 0.0872. The molecule has 0 aromatic heterocycles. The molecule has 1 unspecified atom stereocenters. The number of aliphatic hydroxyl groups excluding tert-OH is 1. The van der Waals surface area contributed by atoms with Gasteiger partial charge in [0.2, 0.25) is 5.91 Å². The molecule has 1 aromatic carbocycles. The van der Waals surface area contributed by atoms with Gasteiger partial charge in [0.1, 0.15) is 6.04 Å². The molecule has 0 heterocycles. The van der Waals surface area contributed by atoms with Crippen molar-refractivity contribution in [3.63, 3.8) is 0 Å². The van der Waals surface area contributed by atoms with Crippen LogP contribution < -0.4 is 5.73 Å². The van der Waals surface area contributed by atoms with E-state index in [1.165, 1.54) is 4.90 Å². The monoisotopic (exact) mass is 266 g/mol. The molecule has 1 atom stereocenters. The first-order valence-electron chi connectivity index (χ1n) is 6.31. The van der Waals surface area contributed by atoms with Crippen LogP contribution in [0.15, 0.2) is 24.3 Å². The number of carbonyl (C=O) groups is 1. The Labute approximate surface area is 114 Å². The maximum absolute atomic E-state index is 12.3. The molecule has 5 nitrogen and oxygen atoms in total. The van der Waals surface area contributed by atoms with Crippen LogP contribution in [0.3, 0.4) is 0 Å². The van der Waals surface area contributed by atoms with E-state index >= 15 is 0 Å². The molecule has 0 saturated heterocycles. The summed E-state index contributed by atoms with van der Waals surface area (Å²) in [6.07, 6.45) is 0. The molecule has 106 valence electrons. The highest BCUT2D eigenvalue weighted by Gasteiger charge is 2.21. The van der Waals surface area contributed by atoms with Gasteiger partial charge in [-0.2, -0.15) is 0 Å². The number of carbonyl (C=O) groups excluding carboxylic acids is 1. The molecule has 0 saturated carbocycles. The average molecular weight is 266 g/mol. The first-order valence-corrected chi connectivity index (χ1v) is 6.31. The number of rotatable bonds is 7. The Morgan fingerprint density at radius 1 is 1.37 bits per heavy atom. The van der Waals surface area contributed by atoms with E-state index in [0.717, 1.165) is 11.1 Å². The molecule has 0 radical (unpaired) electrons. The molecule has 19 heavy (non-hydrogen) atoms. The molecule has 0 spiro atoms. The van der Waals surface area contributed by atoms with Gasteiger partial charge in [-0.15, -0.1) is 0 Å². The van der Waals surface area contributed by atoms with Gasteiger partial charge < -0.3 is 20.5 Å². The van der Waals surface area contributed by atoms with E-state index in [9.17, 15) is 4.79 Å². The van der Waals surface area contributed by atoms with Gasteiger partial charge in [0.05, 0.1) is 13.2 Å². The molecule has 0 bridgehead atoms. The smallest absolute Gasteiger partial charge is 0.244 e. The number of benzene rings is 1. The Bertz CT molecular complexity index is 392. The van der Waals surface area contributed by atoms with Gasteiger partial charge in [-0.05, 0) is 12.5 Å². The quantitative estimate of drug-likeness (QED) is 0.752. The Kier molecular flexibility index (Phi) is 6.49. The molecule has 0 aliphatic carbocycles. The third kappa shape index (κ3) is 4.63. The zero-order valence-electron chi connectivity index (χ0n) is 11.5. The lowest BCUT2D eigenvalue weighted by Crippen LogP contribution is -2.41. The lowest BCUT2D eigenvalue weighted by Gasteiger charge is -2.25. The van der Waals surface area contributed by atoms with Crippen molar-refractivity contribution in [1.82, 2.24) is 4.90 Å². The predicted molar refractivity (Wildman–Crippen MR) is 73.6 cm³/mol. The third-order valence-corrected chi connectivity index (χ3v) is 2.95. The third-order valence-electron chi connectivity index (χ3n) is 2.95. The van der Waals surface area contributed by atoms with Crippen LogP contribution in [0.5, 0.6) is 0 Å². The van der Waals surface area contributed by atoms with Crippen LogP contribution in [0.4, 0.5) is 0 Å². The van der Waals surface area contributed by atoms with Crippen molar-refractivity contribution in [2.24, 2.45) is 5.73 Å². The number of ether oxygens (including phenoxy) is 1. The first kappa shape index (κ1) is 15.6. The lowest BCUT2D eigenvalue weighted by molar-refractivity contribution is -0.133. The Hall–Kier alpha value is -1.43. The zero-order chi connectivity index (χ0) is 14.3. The molecule has 0 fully saturated rings. The normalized spacial score (nSPS) is 12.2. The summed E-state index contributed by atoms with van der Waals surface area (Å²) in [5.74, 6) is -0.199. The van der Waals surface area contributed by atoms with Crippen molar-refractivity contribution in [2.75, 3.05) is 33.4 Å². The number of aryl methyl sites for hydroxylation is 1. The van der Waals surface area contributed by atoms with Crippen LogP contribution >= 0.6 is 0 Å². The standard InChI is InChI=1S/C14H22N2O3/c1-11-3-5-12(6-4-11)13(15)14(18)16(7-9-17)8-10-19-2/h3-6,13,17H,7-10,15H2,1-2H3. The fourth-order valence-electron chi connectivity index (χ4n) is 1.77. The van der Waals surface area contributed by atoms with Crippen molar-refractivity contribution < 1.29 is 14.6 Å². The Morgan fingerprint density at radius 3 is 2.53 bits per heavy atom. The minimum atomic E-state index is -0.705. The van der Waals surface area contributed by atoms with Gasteiger partial charge in [-0.25, -0.2) is 0 Å². The largest absolute Gasteiger partial charge is 0.395 e. The van der Waals surface area contributed by atoms with Crippen molar-refractivity contribution in [3.8, 4) is 0 Å². The van der Waals surface area contributed by atoms with E-state index in [1.807, 2.05) is 31.2 Å². The van der Waals surface area contributed by atoms with Crippen molar-refractivity contribution >= 4 is 5.91 Å². The second-order valence-electron chi connectivity index (χ2n) is 4.43. The summed E-state index contributed by atoms with van der Waals surface area (Å²) in [6, 6.07) is 6.85. The molecular formula is C14H22N2O3. The Balaban J connectivity index is 2.74. The van der Waals surface area contributed by atoms with Gasteiger partial charge >= 0.3 is 0 Å². The van der Waals surface area contributed by atoms with Crippen molar-refractivity contribution in [2.45, 2.75) is 13.0 Å². The van der Waals surface area contributed by atoms with Crippen LogP contribution in [0.1, 0.15) is 17.2 Å². The van der Waals surface area contributed by atoms with Crippen LogP contribution in [0.25, 0.3) is 0 Å². The van der Waals surface area contributed by atoms with Gasteiger partial charge in [0, 0.05) is 20.2 Å². The number of hydrogen-bond acceptors (Lipinski definition) is 4. The topological polar surface area (TPSA) is 75.8 Å². The molecule has 0 aliphatic heterocycles. The van der Waals surface area contributed by atoms with Gasteiger partial charge in [0.25, 0.3) is 0 Å². The second-order valence-corrected chi connectivity index (χ2v) is 4.43. The highest BCUT2D eigenvalue weighted by Crippen LogP contribution is 2.14. The molecule has 3 N–H and O–H groups in total. The van der Waals surface area contributed by atoms with Gasteiger partial charge in [0.15, 0.2) is 0 Å². The molecule has 1 amide bonds. The summed E-state index contributed by atoms with van der Waals surface area (Å²) >= 11 is 0. The Morgan fingerprint density at radius 2 is 2.00 bits per heavy atom. The van der Waals surface area contributed by atoms with Gasteiger partial charge in [-0.3, -0.25) is 4.79 Å². The van der Waals surface area contributed by atoms with E-state index in [0.29, 0.717) is 13.2 Å². The van der Waals surface area contributed by atoms with Crippen molar-refractivity contribution in [1.29, 1.82) is 0 Å². The summed E-state index contributed by atoms with van der Waals surface area (Å²) in [7, 11) is 1.57. The van der Waals surface area contributed by atoms with E-state index in [-0.39, 0.29) is 19.1 Å². The molecule has 0 aliphatic rings. The van der Waals surface area contributed by atoms with E-state index < -0.39 is 6.04 Å². The summed E-state index contributed by atoms with van der Waals surface area (Å²) in [5.41, 5.74) is 7.87. The first-order chi connectivity index (χ1) is 9.10. The fraction of sp³-hybridized carbons (Fsp3) is 0.500. The number of aliphatic hydroxyl groups is 1. The molecule has 5 heteroatoms. The van der Waals surface area contributed by atoms with Crippen LogP contribution in [0, 0.1) is 6.92 Å². The van der Waals surface area contributed by atoms with Crippen molar-refractivity contribution in [3.05, 3.63) is 35.4 Å². The van der Waals surface area contributed by atoms with Gasteiger partial charge in [-0.1, -0.05) is 29.8 Å². The van der Waals surface area contributed by atoms with Crippen LogP contribution in [0.2, 0.25) is 0 Å². The molecular weight excluding hydrogens is 244 g/mol. The second kappa shape index (κ2) is 7.89. The number of nitrogens with two attached hydrogens (primary N) is 1. The number of hydrogen-bond donors (Lipinski definition) is 2. The summed E-state index contributed by atoms with van der Waals surface area (Å²) in [5, 5.41) is 9.00. The van der Waals surface area contributed by atoms with E-state index in [1.54, 1.807) is 7.11 Å². The maximum Gasteiger partial charge on any atom is 0.244 e. The highest BCUT2D eigenvalue weighted by molar-refractivity contribution is 5.83. The maximum atomic E-state index is 12.3. The summed E-state index contributed by atoms with van der Waals surface area (Å²) < 4.78 is 4.95. The number of methoxy groups -OCH3 is 1. The fourth-order valence-corrected chi connectivity index (χ4v) is 1.77. The SMILES string of the molecule is COCCN(CCO)C(=O)C(N)c1ccc(C)cc1. The van der Waals surface area contributed by atoms with E-state index in [4.69, 9.17) is 15.6 Å². The number of nitrogens with zero attached hydrogens (tertiary/aromatic N) is 1. The number of amides is 1.